The Balaban J connectivity index is 3.26. The lowest BCUT2D eigenvalue weighted by atomic mass is 10.1. The molecular weight excluding hydrogens is 282 g/mol. The van der Waals surface area contributed by atoms with Crippen molar-refractivity contribution in [2.24, 2.45) is 0 Å². The van der Waals surface area contributed by atoms with Crippen LogP contribution in [0.25, 0.3) is 0 Å². The zero-order valence-electron chi connectivity index (χ0n) is 6.28. The third-order valence-corrected chi connectivity index (χ3v) is 3.02. The molecule has 0 spiro atoms. The lowest BCUT2D eigenvalue weighted by Gasteiger charge is -2.02. The summed E-state index contributed by atoms with van der Waals surface area (Å²) in [4.78, 5) is 11.1. The predicted molar refractivity (Wildman–Crippen MR) is 54.2 cm³/mol. The molecule has 0 aromatic heterocycles. The van der Waals surface area contributed by atoms with Gasteiger partial charge in [-0.25, -0.2) is 4.39 Å². The van der Waals surface area contributed by atoms with Gasteiger partial charge in [-0.05, 0) is 28.1 Å². The number of benzene rings is 1. The van der Waals surface area contributed by atoms with E-state index in [0.717, 1.165) is 0 Å². The van der Waals surface area contributed by atoms with Gasteiger partial charge in [0.1, 0.15) is 5.82 Å². The van der Waals surface area contributed by atoms with E-state index in [0.29, 0.717) is 0 Å². The Morgan fingerprint density at radius 3 is 2.69 bits per heavy atom. The van der Waals surface area contributed by atoms with E-state index >= 15 is 0 Å². The zero-order chi connectivity index (χ0) is 10.0. The molecule has 0 heterocycles. The lowest BCUT2D eigenvalue weighted by Crippen LogP contribution is -2.04. The molecule has 1 rings (SSSR count). The summed E-state index contributed by atoms with van der Waals surface area (Å²) in [7, 11) is 0. The Labute approximate surface area is 93.0 Å². The number of carbonyl (C=O) groups is 1. The van der Waals surface area contributed by atoms with Crippen molar-refractivity contribution >= 4 is 44.9 Å². The standard InChI is InChI=1S/C8H4BrCl2FO/c9-7-5(11)2-1-4(8(7)12)6(13)3-10/h1-2H,3H2. The summed E-state index contributed by atoms with van der Waals surface area (Å²) in [5, 5.41) is 0.226. The minimum absolute atomic E-state index is 0.0497. The van der Waals surface area contributed by atoms with Crippen molar-refractivity contribution < 1.29 is 9.18 Å². The molecule has 0 atom stereocenters. The first-order valence-corrected chi connectivity index (χ1v) is 5.01. The van der Waals surface area contributed by atoms with Crippen LogP contribution in [0.3, 0.4) is 0 Å². The fourth-order valence-electron chi connectivity index (χ4n) is 0.813. The predicted octanol–water partition coefficient (Wildman–Crippen LogP) is 3.66. The molecule has 0 fully saturated rings. The van der Waals surface area contributed by atoms with Crippen molar-refractivity contribution in [1.29, 1.82) is 0 Å². The van der Waals surface area contributed by atoms with E-state index in [1.807, 2.05) is 0 Å². The van der Waals surface area contributed by atoms with Crippen LogP contribution < -0.4 is 0 Å². The summed E-state index contributed by atoms with van der Waals surface area (Å²) >= 11 is 13.8. The SMILES string of the molecule is O=C(CCl)c1ccc(Cl)c(Br)c1F. The maximum Gasteiger partial charge on any atom is 0.180 e. The van der Waals surface area contributed by atoms with Gasteiger partial charge in [-0.15, -0.1) is 11.6 Å². The van der Waals surface area contributed by atoms with Gasteiger partial charge < -0.3 is 0 Å². The first-order chi connectivity index (χ1) is 6.07. The Bertz CT molecular complexity index is 354. The molecule has 1 aromatic carbocycles. The number of ketones is 1. The van der Waals surface area contributed by atoms with Gasteiger partial charge >= 0.3 is 0 Å². The second-order valence-corrected chi connectivity index (χ2v) is 3.75. The molecule has 0 unspecified atom stereocenters. The van der Waals surface area contributed by atoms with Crippen LogP contribution in [-0.4, -0.2) is 11.7 Å². The molecule has 70 valence electrons. The molecule has 0 N–H and O–H groups in total. The van der Waals surface area contributed by atoms with Gasteiger partial charge in [-0.1, -0.05) is 11.6 Å². The third-order valence-electron chi connectivity index (χ3n) is 1.46. The van der Waals surface area contributed by atoms with E-state index in [4.69, 9.17) is 23.2 Å². The number of halogens is 4. The summed E-state index contributed by atoms with van der Waals surface area (Å²) in [6.07, 6.45) is 0. The molecule has 1 aromatic rings. The second kappa shape index (κ2) is 4.40. The normalized spacial score (nSPS) is 10.2. The highest BCUT2D eigenvalue weighted by Crippen LogP contribution is 2.27. The first kappa shape index (κ1) is 11.0. The van der Waals surface area contributed by atoms with Crippen molar-refractivity contribution in [3.63, 3.8) is 0 Å². The Morgan fingerprint density at radius 2 is 2.15 bits per heavy atom. The van der Waals surface area contributed by atoms with E-state index in [2.05, 4.69) is 15.9 Å². The zero-order valence-corrected chi connectivity index (χ0v) is 9.38. The minimum Gasteiger partial charge on any atom is -0.293 e. The summed E-state index contributed by atoms with van der Waals surface area (Å²) in [5.74, 6) is -1.37. The van der Waals surface area contributed by atoms with Gasteiger partial charge in [-0.2, -0.15) is 0 Å². The van der Waals surface area contributed by atoms with Gasteiger partial charge in [0.05, 0.1) is 20.9 Å². The quantitative estimate of drug-likeness (QED) is 0.460. The van der Waals surface area contributed by atoms with Crippen LogP contribution in [0, 0.1) is 5.82 Å². The molecule has 13 heavy (non-hydrogen) atoms. The van der Waals surface area contributed by atoms with Crippen LogP contribution in [0.1, 0.15) is 10.4 Å². The molecule has 1 nitrogen and oxygen atoms in total. The highest BCUT2D eigenvalue weighted by molar-refractivity contribution is 9.10. The lowest BCUT2D eigenvalue weighted by molar-refractivity contribution is 0.101. The van der Waals surface area contributed by atoms with Gasteiger partial charge in [0.15, 0.2) is 5.78 Å². The van der Waals surface area contributed by atoms with Gasteiger partial charge in [0, 0.05) is 0 Å². The van der Waals surface area contributed by atoms with Crippen LogP contribution in [0.5, 0.6) is 0 Å². The maximum absolute atomic E-state index is 13.3. The number of carbonyl (C=O) groups excluding carboxylic acids is 1. The van der Waals surface area contributed by atoms with E-state index in [1.54, 1.807) is 0 Å². The summed E-state index contributed by atoms with van der Waals surface area (Å²) in [6, 6.07) is 2.75. The van der Waals surface area contributed by atoms with Crippen molar-refractivity contribution in [2.45, 2.75) is 0 Å². The number of hydrogen-bond donors (Lipinski definition) is 0. The second-order valence-electron chi connectivity index (χ2n) is 2.28. The first-order valence-electron chi connectivity index (χ1n) is 3.30. The minimum atomic E-state index is -0.668. The third kappa shape index (κ3) is 2.22. The number of Topliss-reactive ketones (excluding diaryl/α,β-unsaturated/α-hetero) is 1. The fourth-order valence-corrected chi connectivity index (χ4v) is 1.45. The molecule has 0 radical (unpaired) electrons. The average molecular weight is 286 g/mol. The molecule has 0 amide bonds. The molecule has 5 heteroatoms. The highest BCUT2D eigenvalue weighted by atomic mass is 79.9. The summed E-state index contributed by atoms with van der Waals surface area (Å²) in [6.45, 7) is 0. The maximum atomic E-state index is 13.3. The van der Waals surface area contributed by atoms with Crippen molar-refractivity contribution in [3.8, 4) is 0 Å². The summed E-state index contributed by atoms with van der Waals surface area (Å²) in [5.41, 5.74) is -0.0497. The van der Waals surface area contributed by atoms with Crippen LogP contribution >= 0.6 is 39.1 Å². The Morgan fingerprint density at radius 1 is 1.54 bits per heavy atom. The topological polar surface area (TPSA) is 17.1 Å². The van der Waals surface area contributed by atoms with Gasteiger partial charge in [-0.3, -0.25) is 4.79 Å². The van der Waals surface area contributed by atoms with E-state index < -0.39 is 11.6 Å². The fraction of sp³-hybridized carbons (Fsp3) is 0.125. The Hall–Kier alpha value is -0.120. The summed E-state index contributed by atoms with van der Waals surface area (Å²) < 4.78 is 13.4. The molecular formula is C8H4BrCl2FO. The van der Waals surface area contributed by atoms with Crippen molar-refractivity contribution in [1.82, 2.24) is 0 Å². The molecule has 0 saturated heterocycles. The molecule has 0 aliphatic carbocycles. The number of rotatable bonds is 2. The smallest absolute Gasteiger partial charge is 0.180 e. The van der Waals surface area contributed by atoms with Crippen LogP contribution in [0.15, 0.2) is 16.6 Å². The van der Waals surface area contributed by atoms with Gasteiger partial charge in [0.25, 0.3) is 0 Å². The van der Waals surface area contributed by atoms with Crippen LogP contribution in [-0.2, 0) is 0 Å². The van der Waals surface area contributed by atoms with Crippen molar-refractivity contribution in [2.75, 3.05) is 5.88 Å². The monoisotopic (exact) mass is 284 g/mol. The number of hydrogen-bond acceptors (Lipinski definition) is 1. The van der Waals surface area contributed by atoms with E-state index in [9.17, 15) is 9.18 Å². The van der Waals surface area contributed by atoms with Crippen molar-refractivity contribution in [3.05, 3.63) is 33.0 Å². The number of alkyl halides is 1. The van der Waals surface area contributed by atoms with E-state index in [1.165, 1.54) is 12.1 Å². The van der Waals surface area contributed by atoms with E-state index in [-0.39, 0.29) is 20.9 Å². The van der Waals surface area contributed by atoms with Crippen LogP contribution in [0.2, 0.25) is 5.02 Å². The highest BCUT2D eigenvalue weighted by Gasteiger charge is 2.14. The largest absolute Gasteiger partial charge is 0.293 e. The molecule has 0 saturated carbocycles. The Kier molecular flexibility index (Phi) is 3.71. The average Bonchev–Trinajstić information content (AvgIpc) is 2.13. The molecule has 0 bridgehead atoms. The van der Waals surface area contributed by atoms with Gasteiger partial charge in [0.2, 0.25) is 0 Å². The molecule has 0 aliphatic rings. The molecule has 0 aliphatic heterocycles. The van der Waals surface area contributed by atoms with Crippen LogP contribution in [0.4, 0.5) is 4.39 Å².